The van der Waals surface area contributed by atoms with Crippen molar-refractivity contribution in [3.8, 4) is 0 Å². The zero-order chi connectivity index (χ0) is 16.0. The van der Waals surface area contributed by atoms with Gasteiger partial charge in [0.2, 0.25) is 0 Å². The largest absolute Gasteiger partial charge is 0.481 e. The van der Waals surface area contributed by atoms with Gasteiger partial charge in [-0.3, -0.25) is 19.7 Å². The number of nitro benzene ring substituents is 1. The molecule has 1 aromatic rings. The molecular weight excluding hydrogens is 276 g/mol. The summed E-state index contributed by atoms with van der Waals surface area (Å²) in [5, 5.41) is 22.3. The third kappa shape index (κ3) is 4.87. The predicted octanol–water partition coefficient (Wildman–Crippen LogP) is 2.28. The summed E-state index contributed by atoms with van der Waals surface area (Å²) in [5.41, 5.74) is 0.485. The Bertz CT molecular complexity index is 556. The normalized spacial score (nSPS) is 11.7. The van der Waals surface area contributed by atoms with E-state index in [1.807, 2.05) is 6.92 Å². The van der Waals surface area contributed by atoms with Crippen LogP contribution in [0.25, 0.3) is 0 Å². The highest BCUT2D eigenvalue weighted by Gasteiger charge is 2.19. The Balaban J connectivity index is 2.89. The van der Waals surface area contributed by atoms with Crippen LogP contribution in [0.5, 0.6) is 0 Å². The van der Waals surface area contributed by atoms with E-state index in [-0.39, 0.29) is 17.7 Å². The van der Waals surface area contributed by atoms with Gasteiger partial charge in [0.1, 0.15) is 0 Å². The highest BCUT2D eigenvalue weighted by Crippen LogP contribution is 2.19. The van der Waals surface area contributed by atoms with Gasteiger partial charge in [-0.2, -0.15) is 0 Å². The number of hydrogen-bond donors (Lipinski definition) is 2. The zero-order valence-corrected chi connectivity index (χ0v) is 12.0. The van der Waals surface area contributed by atoms with Crippen molar-refractivity contribution in [2.45, 2.75) is 39.2 Å². The van der Waals surface area contributed by atoms with E-state index in [0.717, 1.165) is 6.42 Å². The van der Waals surface area contributed by atoms with Crippen molar-refractivity contribution >= 4 is 17.6 Å². The van der Waals surface area contributed by atoms with Crippen molar-refractivity contribution in [2.75, 3.05) is 0 Å². The molecule has 1 aromatic carbocycles. The molecule has 0 fully saturated rings. The average molecular weight is 294 g/mol. The minimum atomic E-state index is -0.997. The molecule has 0 aliphatic heterocycles. The molecule has 1 unspecified atom stereocenters. The van der Waals surface area contributed by atoms with E-state index < -0.39 is 22.8 Å². The van der Waals surface area contributed by atoms with Crippen LogP contribution in [0.4, 0.5) is 5.69 Å². The number of carboxylic acid groups (broad SMARTS) is 1. The second-order valence-electron chi connectivity index (χ2n) is 4.82. The number of hydrogen-bond acceptors (Lipinski definition) is 4. The number of carboxylic acids is 1. The highest BCUT2D eigenvalue weighted by atomic mass is 16.6. The highest BCUT2D eigenvalue weighted by molar-refractivity contribution is 5.95. The molecule has 1 amide bonds. The lowest BCUT2D eigenvalue weighted by molar-refractivity contribution is -0.385. The maximum atomic E-state index is 12.1. The molecule has 0 spiro atoms. The number of benzene rings is 1. The SMILES string of the molecule is CCCC(CC(=O)O)NC(=O)c1ccc(C)c([N+](=O)[O-])c1. The summed E-state index contributed by atoms with van der Waals surface area (Å²) >= 11 is 0. The van der Waals surface area contributed by atoms with E-state index in [4.69, 9.17) is 5.11 Å². The molecule has 0 bridgehead atoms. The molecule has 0 aliphatic rings. The number of carbonyl (C=O) groups excluding carboxylic acids is 1. The molecule has 1 atom stereocenters. The van der Waals surface area contributed by atoms with Crippen LogP contribution in [0.1, 0.15) is 42.1 Å². The summed E-state index contributed by atoms with van der Waals surface area (Å²) in [4.78, 5) is 33.1. The van der Waals surface area contributed by atoms with Crippen LogP contribution in [-0.4, -0.2) is 27.9 Å². The topological polar surface area (TPSA) is 110 Å². The number of nitro groups is 1. The number of aryl methyl sites for hydroxylation is 1. The van der Waals surface area contributed by atoms with Crippen LogP contribution in [0.2, 0.25) is 0 Å². The lowest BCUT2D eigenvalue weighted by Gasteiger charge is -2.16. The van der Waals surface area contributed by atoms with Gasteiger partial charge in [-0.15, -0.1) is 0 Å². The second-order valence-corrected chi connectivity index (χ2v) is 4.82. The smallest absolute Gasteiger partial charge is 0.305 e. The van der Waals surface area contributed by atoms with Gasteiger partial charge in [-0.25, -0.2) is 0 Å². The summed E-state index contributed by atoms with van der Waals surface area (Å²) in [6.45, 7) is 3.47. The minimum Gasteiger partial charge on any atom is -0.481 e. The van der Waals surface area contributed by atoms with Gasteiger partial charge in [0, 0.05) is 23.2 Å². The third-order valence-corrected chi connectivity index (χ3v) is 3.06. The van der Waals surface area contributed by atoms with E-state index in [9.17, 15) is 19.7 Å². The molecule has 0 aromatic heterocycles. The molecule has 2 N–H and O–H groups in total. The van der Waals surface area contributed by atoms with Crippen molar-refractivity contribution in [1.82, 2.24) is 5.32 Å². The number of amides is 1. The number of carbonyl (C=O) groups is 2. The summed E-state index contributed by atoms with van der Waals surface area (Å²) in [7, 11) is 0. The summed E-state index contributed by atoms with van der Waals surface area (Å²) in [6, 6.07) is 3.70. The fourth-order valence-corrected chi connectivity index (χ4v) is 2.00. The van der Waals surface area contributed by atoms with E-state index in [1.54, 1.807) is 6.92 Å². The van der Waals surface area contributed by atoms with Gasteiger partial charge in [-0.05, 0) is 19.4 Å². The molecule has 1 rings (SSSR count). The Kier molecular flexibility index (Phi) is 5.83. The molecule has 0 radical (unpaired) electrons. The maximum absolute atomic E-state index is 12.1. The number of nitrogens with one attached hydrogen (secondary N) is 1. The first kappa shape index (κ1) is 16.6. The molecule has 7 nitrogen and oxygen atoms in total. The Morgan fingerprint density at radius 3 is 2.62 bits per heavy atom. The molecule has 0 heterocycles. The monoisotopic (exact) mass is 294 g/mol. The number of rotatable bonds is 7. The lowest BCUT2D eigenvalue weighted by atomic mass is 10.1. The van der Waals surface area contributed by atoms with E-state index in [2.05, 4.69) is 5.32 Å². The van der Waals surface area contributed by atoms with E-state index in [0.29, 0.717) is 12.0 Å². The van der Waals surface area contributed by atoms with Crippen LogP contribution < -0.4 is 5.32 Å². The van der Waals surface area contributed by atoms with Crippen LogP contribution in [0.15, 0.2) is 18.2 Å². The molecule has 114 valence electrons. The first-order valence-electron chi connectivity index (χ1n) is 6.62. The second kappa shape index (κ2) is 7.37. The third-order valence-electron chi connectivity index (χ3n) is 3.06. The fraction of sp³-hybridized carbons (Fsp3) is 0.429. The fourth-order valence-electron chi connectivity index (χ4n) is 2.00. The predicted molar refractivity (Wildman–Crippen MR) is 76.2 cm³/mol. The van der Waals surface area contributed by atoms with Crippen LogP contribution >= 0.6 is 0 Å². The first-order valence-corrected chi connectivity index (χ1v) is 6.62. The molecular formula is C14H18N2O5. The van der Waals surface area contributed by atoms with Crippen LogP contribution in [0, 0.1) is 17.0 Å². The van der Waals surface area contributed by atoms with Gasteiger partial charge in [-0.1, -0.05) is 19.4 Å². The maximum Gasteiger partial charge on any atom is 0.305 e. The van der Waals surface area contributed by atoms with Crippen LogP contribution in [0.3, 0.4) is 0 Å². The van der Waals surface area contributed by atoms with Crippen molar-refractivity contribution < 1.29 is 19.6 Å². The first-order chi connectivity index (χ1) is 9.85. The van der Waals surface area contributed by atoms with Gasteiger partial charge in [0.05, 0.1) is 11.3 Å². The Labute approximate surface area is 122 Å². The van der Waals surface area contributed by atoms with Gasteiger partial charge in [0.25, 0.3) is 11.6 Å². The number of nitrogens with zero attached hydrogens (tertiary/aromatic N) is 1. The standard InChI is InChI=1S/C14H18N2O5/c1-3-4-11(8-13(17)18)15-14(19)10-6-5-9(2)12(7-10)16(20)21/h5-7,11H,3-4,8H2,1-2H3,(H,15,19)(H,17,18). The van der Waals surface area contributed by atoms with E-state index in [1.165, 1.54) is 18.2 Å². The van der Waals surface area contributed by atoms with Gasteiger partial charge >= 0.3 is 5.97 Å². The minimum absolute atomic E-state index is 0.132. The Morgan fingerprint density at radius 2 is 2.10 bits per heavy atom. The van der Waals surface area contributed by atoms with E-state index >= 15 is 0 Å². The Hall–Kier alpha value is -2.44. The summed E-state index contributed by atoms with van der Waals surface area (Å²) in [5.74, 6) is -1.50. The summed E-state index contributed by atoms with van der Waals surface area (Å²) < 4.78 is 0. The van der Waals surface area contributed by atoms with Crippen molar-refractivity contribution in [3.63, 3.8) is 0 Å². The zero-order valence-electron chi connectivity index (χ0n) is 12.0. The molecule has 7 heteroatoms. The van der Waals surface area contributed by atoms with Crippen molar-refractivity contribution in [3.05, 3.63) is 39.4 Å². The number of aliphatic carboxylic acids is 1. The molecule has 21 heavy (non-hydrogen) atoms. The van der Waals surface area contributed by atoms with Crippen molar-refractivity contribution in [2.24, 2.45) is 0 Å². The van der Waals surface area contributed by atoms with Gasteiger partial charge in [0.15, 0.2) is 0 Å². The van der Waals surface area contributed by atoms with Crippen molar-refractivity contribution in [1.29, 1.82) is 0 Å². The molecule has 0 saturated heterocycles. The van der Waals surface area contributed by atoms with Gasteiger partial charge < -0.3 is 10.4 Å². The average Bonchev–Trinajstić information content (AvgIpc) is 2.38. The van der Waals surface area contributed by atoms with Crippen LogP contribution in [-0.2, 0) is 4.79 Å². The molecule has 0 aliphatic carbocycles. The quantitative estimate of drug-likeness (QED) is 0.592. The lowest BCUT2D eigenvalue weighted by Crippen LogP contribution is -2.36. The Morgan fingerprint density at radius 1 is 1.43 bits per heavy atom. The summed E-state index contributed by atoms with van der Waals surface area (Å²) in [6.07, 6.45) is 1.09. The molecule has 0 saturated carbocycles.